The molecule has 8 heteroatoms. The van der Waals surface area contributed by atoms with Gasteiger partial charge in [-0.05, 0) is 42.3 Å². The van der Waals surface area contributed by atoms with Gasteiger partial charge >= 0.3 is 6.18 Å². The normalized spacial score (nSPS) is 15.0. The average molecular weight is 417 g/mol. The third-order valence-electron chi connectivity index (χ3n) is 4.73. The highest BCUT2D eigenvalue weighted by Crippen LogP contribution is 2.39. The van der Waals surface area contributed by atoms with Gasteiger partial charge in [-0.25, -0.2) is 8.78 Å². The second-order valence-electron chi connectivity index (χ2n) is 6.60. The highest BCUT2D eigenvalue weighted by Gasteiger charge is 2.33. The molecule has 2 aromatic rings. The summed E-state index contributed by atoms with van der Waals surface area (Å²) in [6, 6.07) is 7.02. The first-order valence-electron chi connectivity index (χ1n) is 8.63. The number of likely N-dealkylation sites (N-methyl/N-ethyl adjacent to an activating group) is 1. The van der Waals surface area contributed by atoms with Gasteiger partial charge in [-0.15, -0.1) is 0 Å². The minimum Gasteiger partial charge on any atom is -0.358 e. The third kappa shape index (κ3) is 3.94. The number of benzene rings is 2. The Morgan fingerprint density at radius 1 is 1.00 bits per heavy atom. The Morgan fingerprint density at radius 3 is 2.29 bits per heavy atom. The van der Waals surface area contributed by atoms with Crippen molar-refractivity contribution in [2.45, 2.75) is 25.9 Å². The number of anilines is 1. The molecule has 2 nitrogen and oxygen atoms in total. The molecule has 0 unspecified atom stereocenters. The summed E-state index contributed by atoms with van der Waals surface area (Å²) >= 11 is 6.16. The van der Waals surface area contributed by atoms with E-state index in [1.54, 1.807) is 0 Å². The summed E-state index contributed by atoms with van der Waals surface area (Å²) in [7, 11) is 1.84. The lowest BCUT2D eigenvalue weighted by Crippen LogP contribution is -2.25. The van der Waals surface area contributed by atoms with Crippen molar-refractivity contribution in [3.8, 4) is 0 Å². The van der Waals surface area contributed by atoms with E-state index in [2.05, 4.69) is 0 Å². The van der Waals surface area contributed by atoms with Crippen molar-refractivity contribution in [2.24, 2.45) is 0 Å². The van der Waals surface area contributed by atoms with E-state index in [-0.39, 0.29) is 5.02 Å². The van der Waals surface area contributed by atoms with E-state index >= 15 is 0 Å². The van der Waals surface area contributed by atoms with Crippen LogP contribution < -0.4 is 4.90 Å². The summed E-state index contributed by atoms with van der Waals surface area (Å²) in [5.41, 5.74) is 2.02. The fraction of sp³-hybridized carbons (Fsp3) is 0.300. The van der Waals surface area contributed by atoms with Gasteiger partial charge in [0.15, 0.2) is 11.6 Å². The molecule has 0 amide bonds. The second-order valence-corrected chi connectivity index (χ2v) is 7.01. The number of halogens is 6. The Morgan fingerprint density at radius 2 is 1.71 bits per heavy atom. The molecule has 1 aliphatic heterocycles. The van der Waals surface area contributed by atoms with E-state index < -0.39 is 23.4 Å². The summed E-state index contributed by atoms with van der Waals surface area (Å²) in [5, 5.41) is 0.00301. The zero-order chi connectivity index (χ0) is 20.6. The maximum absolute atomic E-state index is 13.5. The van der Waals surface area contributed by atoms with E-state index in [1.165, 1.54) is 12.1 Å². The van der Waals surface area contributed by atoms with Gasteiger partial charge in [-0.1, -0.05) is 24.6 Å². The lowest BCUT2D eigenvalue weighted by molar-refractivity contribution is -0.137. The first kappa shape index (κ1) is 20.5. The highest BCUT2D eigenvalue weighted by molar-refractivity contribution is 6.33. The topological polar surface area (TPSA) is 6.48 Å². The molecule has 0 atom stereocenters. The molecule has 1 aliphatic rings. The van der Waals surface area contributed by atoms with Gasteiger partial charge < -0.3 is 9.80 Å². The molecule has 0 bridgehead atoms. The monoisotopic (exact) mass is 416 g/mol. The van der Waals surface area contributed by atoms with Crippen LogP contribution in [0.1, 0.15) is 24.5 Å². The maximum Gasteiger partial charge on any atom is 0.416 e. The summed E-state index contributed by atoms with van der Waals surface area (Å²) in [6.45, 7) is 2.32. The summed E-state index contributed by atoms with van der Waals surface area (Å²) in [4.78, 5) is 3.77. The van der Waals surface area contributed by atoms with Crippen molar-refractivity contribution in [1.29, 1.82) is 0 Å². The molecule has 0 aromatic heterocycles. The Hall–Kier alpha value is -2.28. The van der Waals surface area contributed by atoms with Gasteiger partial charge in [0, 0.05) is 24.9 Å². The van der Waals surface area contributed by atoms with Crippen LogP contribution >= 0.6 is 11.6 Å². The van der Waals surface area contributed by atoms with Gasteiger partial charge in [-0.3, -0.25) is 0 Å². The molecule has 0 aliphatic carbocycles. The lowest BCUT2D eigenvalue weighted by Gasteiger charge is -2.24. The van der Waals surface area contributed by atoms with Crippen molar-refractivity contribution in [1.82, 2.24) is 4.90 Å². The van der Waals surface area contributed by atoms with Crippen LogP contribution in [0.15, 0.2) is 47.8 Å². The van der Waals surface area contributed by atoms with Crippen molar-refractivity contribution >= 4 is 17.3 Å². The Labute approximate surface area is 164 Å². The minimum absolute atomic E-state index is 0.00301. The van der Waals surface area contributed by atoms with Crippen LogP contribution in [0.25, 0.3) is 0 Å². The molecule has 150 valence electrons. The van der Waals surface area contributed by atoms with Crippen molar-refractivity contribution < 1.29 is 22.0 Å². The molecule has 2 aromatic carbocycles. The zero-order valence-electron chi connectivity index (χ0n) is 15.2. The Bertz CT molecular complexity index is 923. The van der Waals surface area contributed by atoms with Crippen LogP contribution in [0.5, 0.6) is 0 Å². The average Bonchev–Trinajstić information content (AvgIpc) is 2.92. The number of nitrogens with zero attached hydrogens (tertiary/aromatic N) is 2. The third-order valence-corrected chi connectivity index (χ3v) is 5.03. The van der Waals surface area contributed by atoms with Crippen LogP contribution in [0, 0.1) is 11.6 Å². The van der Waals surface area contributed by atoms with E-state index in [1.807, 2.05) is 23.8 Å². The lowest BCUT2D eigenvalue weighted by atomic mass is 10.1. The van der Waals surface area contributed by atoms with Gasteiger partial charge in [-0.2, -0.15) is 13.2 Å². The largest absolute Gasteiger partial charge is 0.416 e. The molecule has 28 heavy (non-hydrogen) atoms. The Balaban J connectivity index is 1.96. The van der Waals surface area contributed by atoms with Crippen LogP contribution in [-0.4, -0.2) is 18.6 Å². The van der Waals surface area contributed by atoms with E-state index in [9.17, 15) is 22.0 Å². The van der Waals surface area contributed by atoms with Crippen LogP contribution in [0.2, 0.25) is 5.02 Å². The van der Waals surface area contributed by atoms with E-state index in [0.29, 0.717) is 30.8 Å². The fourth-order valence-corrected chi connectivity index (χ4v) is 3.64. The quantitative estimate of drug-likeness (QED) is 0.547. The van der Waals surface area contributed by atoms with Gasteiger partial charge in [0.2, 0.25) is 0 Å². The number of allylic oxidation sites excluding steroid dienone is 2. The molecule has 1 heterocycles. The fourth-order valence-electron chi connectivity index (χ4n) is 3.36. The number of hydrogen-bond acceptors (Lipinski definition) is 2. The smallest absolute Gasteiger partial charge is 0.358 e. The molecule has 3 rings (SSSR count). The molecule has 0 radical (unpaired) electrons. The molecular formula is C20H18ClF5N2. The predicted octanol–water partition coefficient (Wildman–Crippen LogP) is 6.21. The van der Waals surface area contributed by atoms with E-state index in [0.717, 1.165) is 35.7 Å². The first-order chi connectivity index (χ1) is 13.1. The molecule has 0 N–H and O–H groups in total. The second kappa shape index (κ2) is 7.62. The van der Waals surface area contributed by atoms with Gasteiger partial charge in [0.1, 0.15) is 0 Å². The maximum atomic E-state index is 13.5. The van der Waals surface area contributed by atoms with Gasteiger partial charge in [0.05, 0.1) is 22.9 Å². The predicted molar refractivity (Wildman–Crippen MR) is 98.9 cm³/mol. The zero-order valence-corrected chi connectivity index (χ0v) is 16.0. The number of alkyl halides is 3. The Kier molecular flexibility index (Phi) is 5.57. The standard InChI is InChI=1S/C20H18ClF5N2/c1-3-17-19(9-12-4-6-15(22)16(23)8-12)27(2)11-28(17)18-7-5-13(10-14(18)21)20(24,25)26/h4-8,10H,3,9,11H2,1-2H3. The van der Waals surface area contributed by atoms with Crippen LogP contribution in [0.3, 0.4) is 0 Å². The molecule has 0 spiro atoms. The minimum atomic E-state index is -4.47. The molecular weight excluding hydrogens is 399 g/mol. The highest BCUT2D eigenvalue weighted by atomic mass is 35.5. The summed E-state index contributed by atoms with van der Waals surface area (Å²) in [6.07, 6.45) is -3.50. The van der Waals surface area contributed by atoms with Crippen LogP contribution in [-0.2, 0) is 12.6 Å². The van der Waals surface area contributed by atoms with Crippen molar-refractivity contribution in [2.75, 3.05) is 18.6 Å². The summed E-state index contributed by atoms with van der Waals surface area (Å²) < 4.78 is 65.4. The molecule has 0 saturated heterocycles. The first-order valence-corrected chi connectivity index (χ1v) is 9.01. The van der Waals surface area contributed by atoms with E-state index in [4.69, 9.17) is 11.6 Å². The van der Waals surface area contributed by atoms with Gasteiger partial charge in [0.25, 0.3) is 0 Å². The SMILES string of the molecule is CCC1=C(Cc2ccc(F)c(F)c2)N(C)CN1c1ccc(C(F)(F)F)cc1Cl. The molecule has 0 fully saturated rings. The number of rotatable bonds is 4. The number of hydrogen-bond donors (Lipinski definition) is 0. The van der Waals surface area contributed by atoms with Crippen molar-refractivity contribution in [3.63, 3.8) is 0 Å². The van der Waals surface area contributed by atoms with Crippen LogP contribution in [0.4, 0.5) is 27.6 Å². The summed E-state index contributed by atoms with van der Waals surface area (Å²) in [5.74, 6) is -1.83. The molecule has 0 saturated carbocycles. The van der Waals surface area contributed by atoms with Crippen molar-refractivity contribution in [3.05, 3.63) is 75.6 Å².